The van der Waals surface area contributed by atoms with Crippen molar-refractivity contribution in [3.05, 3.63) is 59.2 Å². The minimum atomic E-state index is 0.173. The molecule has 0 amide bonds. The molecular formula is C17H17NO3. The van der Waals surface area contributed by atoms with Crippen LogP contribution in [0.1, 0.15) is 29.0 Å². The number of fused-ring (bicyclic) bond motifs is 1. The van der Waals surface area contributed by atoms with Gasteiger partial charge >= 0.3 is 0 Å². The first kappa shape index (κ1) is 13.5. The van der Waals surface area contributed by atoms with Gasteiger partial charge in [-0.3, -0.25) is 0 Å². The molecule has 4 nitrogen and oxygen atoms in total. The first-order valence-corrected chi connectivity index (χ1v) is 6.80. The minimum absolute atomic E-state index is 0.173. The van der Waals surface area contributed by atoms with Gasteiger partial charge in [-0.15, -0.1) is 0 Å². The maximum absolute atomic E-state index is 9.28. The second kappa shape index (κ2) is 5.48. The van der Waals surface area contributed by atoms with E-state index < -0.39 is 0 Å². The fourth-order valence-electron chi connectivity index (χ4n) is 2.92. The molecule has 0 fully saturated rings. The Morgan fingerprint density at radius 1 is 1.05 bits per heavy atom. The van der Waals surface area contributed by atoms with Gasteiger partial charge in [0.15, 0.2) is 11.5 Å². The Labute approximate surface area is 123 Å². The average molecular weight is 283 g/mol. The number of ether oxygens (including phenoxy) is 2. The number of hydrogen-bond donors (Lipinski definition) is 1. The van der Waals surface area contributed by atoms with Crippen molar-refractivity contribution >= 4 is 5.71 Å². The lowest BCUT2D eigenvalue weighted by Gasteiger charge is -2.14. The van der Waals surface area contributed by atoms with Crippen LogP contribution in [0.25, 0.3) is 0 Å². The zero-order valence-electron chi connectivity index (χ0n) is 12.0. The summed E-state index contributed by atoms with van der Waals surface area (Å²) in [5.41, 5.74) is 3.90. The van der Waals surface area contributed by atoms with E-state index >= 15 is 0 Å². The van der Waals surface area contributed by atoms with E-state index in [9.17, 15) is 5.21 Å². The van der Waals surface area contributed by atoms with E-state index in [-0.39, 0.29) is 5.92 Å². The average Bonchev–Trinajstić information content (AvgIpc) is 2.91. The van der Waals surface area contributed by atoms with Gasteiger partial charge in [0, 0.05) is 17.9 Å². The molecule has 0 spiro atoms. The van der Waals surface area contributed by atoms with Crippen molar-refractivity contribution in [2.75, 3.05) is 14.2 Å². The predicted molar refractivity (Wildman–Crippen MR) is 80.8 cm³/mol. The lowest BCUT2D eigenvalue weighted by molar-refractivity contribution is 0.318. The number of benzene rings is 2. The smallest absolute Gasteiger partial charge is 0.161 e. The van der Waals surface area contributed by atoms with E-state index in [2.05, 4.69) is 17.3 Å². The van der Waals surface area contributed by atoms with Crippen molar-refractivity contribution in [1.29, 1.82) is 0 Å². The van der Waals surface area contributed by atoms with Crippen molar-refractivity contribution in [3.63, 3.8) is 0 Å². The Morgan fingerprint density at radius 3 is 2.33 bits per heavy atom. The highest BCUT2D eigenvalue weighted by atomic mass is 16.5. The van der Waals surface area contributed by atoms with E-state index in [1.807, 2.05) is 30.3 Å². The van der Waals surface area contributed by atoms with Crippen LogP contribution < -0.4 is 9.47 Å². The van der Waals surface area contributed by atoms with Gasteiger partial charge in [0.05, 0.1) is 19.9 Å². The molecule has 0 aromatic heterocycles. The molecule has 0 saturated carbocycles. The Balaban J connectivity index is 2.16. The van der Waals surface area contributed by atoms with Crippen LogP contribution in [0.3, 0.4) is 0 Å². The molecule has 4 heteroatoms. The molecule has 1 atom stereocenters. The summed E-state index contributed by atoms with van der Waals surface area (Å²) in [5, 5.41) is 12.7. The third-order valence-corrected chi connectivity index (χ3v) is 3.96. The molecule has 1 aliphatic carbocycles. The molecule has 1 aliphatic rings. The quantitative estimate of drug-likeness (QED) is 0.693. The topological polar surface area (TPSA) is 51.0 Å². The van der Waals surface area contributed by atoms with Crippen LogP contribution in [0.15, 0.2) is 47.6 Å². The van der Waals surface area contributed by atoms with Crippen molar-refractivity contribution < 1.29 is 14.7 Å². The largest absolute Gasteiger partial charge is 0.493 e. The van der Waals surface area contributed by atoms with Crippen molar-refractivity contribution in [1.82, 2.24) is 0 Å². The number of methoxy groups -OCH3 is 2. The Hall–Kier alpha value is -2.49. The second-order valence-corrected chi connectivity index (χ2v) is 5.01. The minimum Gasteiger partial charge on any atom is -0.493 e. The van der Waals surface area contributed by atoms with Crippen molar-refractivity contribution in [2.24, 2.45) is 5.16 Å². The summed E-state index contributed by atoms with van der Waals surface area (Å²) >= 11 is 0. The standard InChI is InChI=1S/C17H17NO3/c1-20-16-9-13-12(11-6-4-3-5-7-11)8-15(18-19)14(13)10-17(16)21-2/h3-7,9-10,12,19H,8H2,1-2H3/b18-15-/t12-/m0/s1. The van der Waals surface area contributed by atoms with Gasteiger partial charge in [-0.25, -0.2) is 0 Å². The van der Waals surface area contributed by atoms with Crippen LogP contribution in [0.4, 0.5) is 0 Å². The maximum atomic E-state index is 9.28. The first-order chi connectivity index (χ1) is 10.3. The van der Waals surface area contributed by atoms with E-state index in [1.54, 1.807) is 14.2 Å². The van der Waals surface area contributed by atoms with Gasteiger partial charge < -0.3 is 14.7 Å². The van der Waals surface area contributed by atoms with Gasteiger partial charge in [-0.2, -0.15) is 0 Å². The highest BCUT2D eigenvalue weighted by Crippen LogP contribution is 2.43. The lowest BCUT2D eigenvalue weighted by atomic mass is 9.93. The van der Waals surface area contributed by atoms with Crippen molar-refractivity contribution in [2.45, 2.75) is 12.3 Å². The molecule has 2 aromatic rings. The molecule has 3 rings (SSSR count). The van der Waals surface area contributed by atoms with Crippen LogP contribution in [0.5, 0.6) is 11.5 Å². The van der Waals surface area contributed by atoms with Gasteiger partial charge in [0.25, 0.3) is 0 Å². The summed E-state index contributed by atoms with van der Waals surface area (Å²) in [6, 6.07) is 14.1. The Morgan fingerprint density at radius 2 is 1.71 bits per heavy atom. The summed E-state index contributed by atoms with van der Waals surface area (Å²) < 4.78 is 10.7. The zero-order chi connectivity index (χ0) is 14.8. The summed E-state index contributed by atoms with van der Waals surface area (Å²) in [4.78, 5) is 0. The number of oxime groups is 1. The number of hydrogen-bond acceptors (Lipinski definition) is 4. The lowest BCUT2D eigenvalue weighted by Crippen LogP contribution is -1.98. The summed E-state index contributed by atoms with van der Waals surface area (Å²) in [6.07, 6.45) is 0.673. The van der Waals surface area contributed by atoms with Gasteiger partial charge in [0.2, 0.25) is 0 Å². The molecule has 0 unspecified atom stereocenters. The molecule has 0 bridgehead atoms. The van der Waals surface area contributed by atoms with E-state index in [4.69, 9.17) is 9.47 Å². The van der Waals surface area contributed by atoms with Crippen LogP contribution in [-0.2, 0) is 0 Å². The van der Waals surface area contributed by atoms with Crippen LogP contribution in [0, 0.1) is 0 Å². The Kier molecular flexibility index (Phi) is 3.52. The summed E-state index contributed by atoms with van der Waals surface area (Å²) in [7, 11) is 3.22. The monoisotopic (exact) mass is 283 g/mol. The molecule has 0 heterocycles. The molecule has 0 saturated heterocycles. The fraction of sp³-hybridized carbons (Fsp3) is 0.235. The first-order valence-electron chi connectivity index (χ1n) is 6.80. The summed E-state index contributed by atoms with van der Waals surface area (Å²) in [5.74, 6) is 1.51. The van der Waals surface area contributed by atoms with Crippen molar-refractivity contribution in [3.8, 4) is 11.5 Å². The molecule has 108 valence electrons. The number of nitrogens with zero attached hydrogens (tertiary/aromatic N) is 1. The molecule has 21 heavy (non-hydrogen) atoms. The van der Waals surface area contributed by atoms with Crippen LogP contribution >= 0.6 is 0 Å². The normalized spacial score (nSPS) is 18.6. The predicted octanol–water partition coefficient (Wildman–Crippen LogP) is 3.42. The third-order valence-electron chi connectivity index (χ3n) is 3.96. The highest BCUT2D eigenvalue weighted by Gasteiger charge is 2.31. The third kappa shape index (κ3) is 2.23. The van der Waals surface area contributed by atoms with Gasteiger partial charge in [0.1, 0.15) is 0 Å². The van der Waals surface area contributed by atoms with E-state index in [0.717, 1.165) is 11.1 Å². The zero-order valence-corrected chi connectivity index (χ0v) is 12.0. The van der Waals surface area contributed by atoms with Gasteiger partial charge in [-0.05, 0) is 23.3 Å². The molecule has 2 aromatic carbocycles. The second-order valence-electron chi connectivity index (χ2n) is 5.01. The van der Waals surface area contributed by atoms with Crippen LogP contribution in [0.2, 0.25) is 0 Å². The van der Waals surface area contributed by atoms with Crippen LogP contribution in [-0.4, -0.2) is 25.1 Å². The fourth-order valence-corrected chi connectivity index (χ4v) is 2.92. The summed E-state index contributed by atoms with van der Waals surface area (Å²) in [6.45, 7) is 0. The molecule has 0 aliphatic heterocycles. The molecule has 0 radical (unpaired) electrons. The van der Waals surface area contributed by atoms with Gasteiger partial charge in [-0.1, -0.05) is 35.5 Å². The molecular weight excluding hydrogens is 266 g/mol. The van der Waals surface area contributed by atoms with E-state index in [0.29, 0.717) is 23.6 Å². The SMILES string of the molecule is COc1cc2c(cc1OC)[C@H](c1ccccc1)C/C2=N/O. The molecule has 1 N–H and O–H groups in total. The maximum Gasteiger partial charge on any atom is 0.161 e. The highest BCUT2D eigenvalue weighted by molar-refractivity contribution is 6.06. The Bertz CT molecular complexity index is 680. The number of rotatable bonds is 3. The van der Waals surface area contributed by atoms with E-state index in [1.165, 1.54) is 5.56 Å².